The summed E-state index contributed by atoms with van der Waals surface area (Å²) in [6, 6.07) is 0.924. The van der Waals surface area contributed by atoms with Gasteiger partial charge in [-0.2, -0.15) is 0 Å². The van der Waals surface area contributed by atoms with Gasteiger partial charge in [0.05, 0.1) is 0 Å². The number of rotatable bonds is 3. The summed E-state index contributed by atoms with van der Waals surface area (Å²) in [6.07, 6.45) is 13.0. The SMILES string of the molecule is NCC1(CN2CCCC3CCCC32)CCCC1. The summed E-state index contributed by atoms with van der Waals surface area (Å²) in [5.74, 6) is 1.03. The summed E-state index contributed by atoms with van der Waals surface area (Å²) in [5.41, 5.74) is 6.59. The fourth-order valence-corrected chi connectivity index (χ4v) is 4.74. The van der Waals surface area contributed by atoms with Gasteiger partial charge in [0.1, 0.15) is 0 Å². The van der Waals surface area contributed by atoms with Crippen LogP contribution in [-0.4, -0.2) is 30.6 Å². The summed E-state index contributed by atoms with van der Waals surface area (Å²) in [6.45, 7) is 3.58. The van der Waals surface area contributed by atoms with Crippen LogP contribution in [0.4, 0.5) is 0 Å². The third kappa shape index (κ3) is 2.26. The third-order valence-corrected chi connectivity index (χ3v) is 5.74. The zero-order chi connectivity index (χ0) is 11.7. The van der Waals surface area contributed by atoms with E-state index >= 15 is 0 Å². The van der Waals surface area contributed by atoms with E-state index in [1.807, 2.05) is 0 Å². The Morgan fingerprint density at radius 2 is 1.76 bits per heavy atom. The van der Waals surface area contributed by atoms with E-state index in [-0.39, 0.29) is 0 Å². The van der Waals surface area contributed by atoms with Crippen LogP contribution in [0.25, 0.3) is 0 Å². The molecule has 0 spiro atoms. The van der Waals surface area contributed by atoms with Gasteiger partial charge >= 0.3 is 0 Å². The highest BCUT2D eigenvalue weighted by atomic mass is 15.2. The fourth-order valence-electron chi connectivity index (χ4n) is 4.74. The van der Waals surface area contributed by atoms with Crippen molar-refractivity contribution < 1.29 is 0 Å². The van der Waals surface area contributed by atoms with Gasteiger partial charge in [-0.3, -0.25) is 4.90 Å². The Morgan fingerprint density at radius 1 is 1.00 bits per heavy atom. The normalized spacial score (nSPS) is 37.2. The summed E-state index contributed by atoms with van der Waals surface area (Å²) >= 11 is 0. The van der Waals surface area contributed by atoms with Gasteiger partial charge in [0.2, 0.25) is 0 Å². The second-order valence-electron chi connectivity index (χ2n) is 6.78. The van der Waals surface area contributed by atoms with Crippen molar-refractivity contribution in [2.75, 3.05) is 19.6 Å². The molecule has 1 aliphatic heterocycles. The third-order valence-electron chi connectivity index (χ3n) is 5.74. The van der Waals surface area contributed by atoms with Gasteiger partial charge in [-0.05, 0) is 62.9 Å². The number of hydrogen-bond donors (Lipinski definition) is 1. The molecule has 0 aromatic rings. The molecule has 1 saturated heterocycles. The topological polar surface area (TPSA) is 29.3 Å². The van der Waals surface area contributed by atoms with Crippen molar-refractivity contribution in [3.63, 3.8) is 0 Å². The van der Waals surface area contributed by atoms with Crippen LogP contribution in [0, 0.1) is 11.3 Å². The highest BCUT2D eigenvalue weighted by molar-refractivity contribution is 4.95. The number of piperidine rings is 1. The molecule has 2 atom stereocenters. The van der Waals surface area contributed by atoms with E-state index in [0.717, 1.165) is 18.5 Å². The van der Waals surface area contributed by atoms with Gasteiger partial charge in [-0.1, -0.05) is 19.3 Å². The molecule has 2 unspecified atom stereocenters. The number of nitrogens with zero attached hydrogens (tertiary/aromatic N) is 1. The maximum absolute atomic E-state index is 6.10. The fraction of sp³-hybridized carbons (Fsp3) is 1.00. The van der Waals surface area contributed by atoms with E-state index in [2.05, 4.69) is 4.90 Å². The van der Waals surface area contributed by atoms with Gasteiger partial charge in [-0.25, -0.2) is 0 Å². The molecule has 3 aliphatic rings. The van der Waals surface area contributed by atoms with Crippen molar-refractivity contribution >= 4 is 0 Å². The van der Waals surface area contributed by atoms with E-state index in [1.165, 1.54) is 70.9 Å². The predicted molar refractivity (Wildman–Crippen MR) is 71.9 cm³/mol. The van der Waals surface area contributed by atoms with Crippen molar-refractivity contribution in [1.82, 2.24) is 4.90 Å². The summed E-state index contributed by atoms with van der Waals surface area (Å²) in [7, 11) is 0. The first-order valence-corrected chi connectivity index (χ1v) is 7.77. The number of fused-ring (bicyclic) bond motifs is 1. The lowest BCUT2D eigenvalue weighted by Crippen LogP contribution is -2.49. The lowest BCUT2D eigenvalue weighted by Gasteiger charge is -2.43. The smallest absolute Gasteiger partial charge is 0.0124 e. The maximum atomic E-state index is 6.10. The van der Waals surface area contributed by atoms with Crippen LogP contribution in [0.1, 0.15) is 57.8 Å². The molecule has 0 bridgehead atoms. The average molecular weight is 236 g/mol. The van der Waals surface area contributed by atoms with Gasteiger partial charge < -0.3 is 5.73 Å². The van der Waals surface area contributed by atoms with Crippen LogP contribution in [0.3, 0.4) is 0 Å². The highest BCUT2D eigenvalue weighted by Crippen LogP contribution is 2.42. The Bertz CT molecular complexity index is 258. The largest absolute Gasteiger partial charge is 0.330 e. The van der Waals surface area contributed by atoms with Crippen molar-refractivity contribution in [2.24, 2.45) is 17.1 Å². The summed E-state index contributed by atoms with van der Waals surface area (Å²) in [4.78, 5) is 2.83. The molecule has 1 heterocycles. The van der Waals surface area contributed by atoms with Crippen molar-refractivity contribution in [3.05, 3.63) is 0 Å². The molecule has 2 nitrogen and oxygen atoms in total. The van der Waals surface area contributed by atoms with Gasteiger partial charge in [-0.15, -0.1) is 0 Å². The predicted octanol–water partition coefficient (Wildman–Crippen LogP) is 2.77. The number of nitrogens with two attached hydrogens (primary N) is 1. The lowest BCUT2D eigenvalue weighted by atomic mass is 9.83. The van der Waals surface area contributed by atoms with Gasteiger partial charge in [0, 0.05) is 12.6 Å². The molecule has 0 amide bonds. The molecule has 98 valence electrons. The van der Waals surface area contributed by atoms with Crippen LogP contribution in [0.2, 0.25) is 0 Å². The summed E-state index contributed by atoms with van der Waals surface area (Å²) < 4.78 is 0. The zero-order valence-electron chi connectivity index (χ0n) is 11.2. The monoisotopic (exact) mass is 236 g/mol. The summed E-state index contributed by atoms with van der Waals surface area (Å²) in [5, 5.41) is 0. The maximum Gasteiger partial charge on any atom is 0.0124 e. The Hall–Kier alpha value is -0.0800. The molecule has 17 heavy (non-hydrogen) atoms. The van der Waals surface area contributed by atoms with Crippen LogP contribution in [0.15, 0.2) is 0 Å². The van der Waals surface area contributed by atoms with Crippen molar-refractivity contribution in [3.8, 4) is 0 Å². The van der Waals surface area contributed by atoms with Gasteiger partial charge in [0.25, 0.3) is 0 Å². The Labute approximate surface area is 106 Å². The van der Waals surface area contributed by atoms with E-state index in [4.69, 9.17) is 5.73 Å². The first kappa shape index (κ1) is 12.0. The molecule has 0 aromatic heterocycles. The van der Waals surface area contributed by atoms with Crippen LogP contribution >= 0.6 is 0 Å². The second kappa shape index (κ2) is 4.89. The molecule has 0 radical (unpaired) electrons. The molecule has 3 rings (SSSR count). The minimum absolute atomic E-state index is 0.491. The van der Waals surface area contributed by atoms with E-state index in [9.17, 15) is 0 Å². The van der Waals surface area contributed by atoms with E-state index in [1.54, 1.807) is 0 Å². The molecule has 2 N–H and O–H groups in total. The van der Waals surface area contributed by atoms with E-state index < -0.39 is 0 Å². The Kier molecular flexibility index (Phi) is 3.45. The van der Waals surface area contributed by atoms with Crippen molar-refractivity contribution in [1.29, 1.82) is 0 Å². The highest BCUT2D eigenvalue weighted by Gasteiger charge is 2.40. The molecular weight excluding hydrogens is 208 g/mol. The standard InChI is InChI=1S/C15H28N2/c16-11-15(8-1-2-9-15)12-17-10-4-6-13-5-3-7-14(13)17/h13-14H,1-12,16H2. The first-order chi connectivity index (χ1) is 8.33. The Balaban J connectivity index is 1.66. The van der Waals surface area contributed by atoms with Crippen LogP contribution in [0.5, 0.6) is 0 Å². The second-order valence-corrected chi connectivity index (χ2v) is 6.78. The quantitative estimate of drug-likeness (QED) is 0.816. The zero-order valence-corrected chi connectivity index (χ0v) is 11.2. The van der Waals surface area contributed by atoms with Crippen LogP contribution in [-0.2, 0) is 0 Å². The van der Waals surface area contributed by atoms with E-state index in [0.29, 0.717) is 5.41 Å². The Morgan fingerprint density at radius 3 is 2.53 bits per heavy atom. The molecule has 0 aromatic carbocycles. The first-order valence-electron chi connectivity index (χ1n) is 7.77. The van der Waals surface area contributed by atoms with Gasteiger partial charge in [0.15, 0.2) is 0 Å². The lowest BCUT2D eigenvalue weighted by molar-refractivity contribution is 0.0634. The van der Waals surface area contributed by atoms with Crippen LogP contribution < -0.4 is 5.73 Å². The molecule has 2 saturated carbocycles. The average Bonchev–Trinajstić information content (AvgIpc) is 2.98. The molecular formula is C15H28N2. The molecule has 3 fully saturated rings. The number of likely N-dealkylation sites (tertiary alicyclic amines) is 1. The number of hydrogen-bond acceptors (Lipinski definition) is 2. The minimum Gasteiger partial charge on any atom is -0.330 e. The van der Waals surface area contributed by atoms with Crippen molar-refractivity contribution in [2.45, 2.75) is 63.8 Å². The molecule has 2 heteroatoms. The molecule has 2 aliphatic carbocycles. The minimum atomic E-state index is 0.491.